The molecule has 6 heteroatoms. The summed E-state index contributed by atoms with van der Waals surface area (Å²) in [5, 5.41) is 10.7. The molecular formula is C24H21NO5. The van der Waals surface area contributed by atoms with E-state index >= 15 is 0 Å². The summed E-state index contributed by atoms with van der Waals surface area (Å²) in [6.45, 7) is 2.04. The summed E-state index contributed by atoms with van der Waals surface area (Å²) in [6.07, 6.45) is 2.24. The van der Waals surface area contributed by atoms with Crippen molar-refractivity contribution in [3.05, 3.63) is 95.1 Å². The molecule has 30 heavy (non-hydrogen) atoms. The number of hydrogen-bond acceptors (Lipinski definition) is 5. The average Bonchev–Trinajstić information content (AvgIpc) is 3.41. The van der Waals surface area contributed by atoms with Gasteiger partial charge in [0.15, 0.2) is 11.5 Å². The summed E-state index contributed by atoms with van der Waals surface area (Å²) < 4.78 is 10.6. The van der Waals surface area contributed by atoms with E-state index in [4.69, 9.17) is 9.15 Å². The Labute approximate surface area is 174 Å². The summed E-state index contributed by atoms with van der Waals surface area (Å²) >= 11 is 0. The lowest BCUT2D eigenvalue weighted by Crippen LogP contribution is -2.31. The molecule has 152 valence electrons. The van der Waals surface area contributed by atoms with E-state index in [-0.39, 0.29) is 11.3 Å². The molecule has 0 saturated heterocycles. The van der Waals surface area contributed by atoms with Crippen LogP contribution in [0.15, 0.2) is 82.7 Å². The van der Waals surface area contributed by atoms with Gasteiger partial charge in [0, 0.05) is 5.69 Å². The smallest absolute Gasteiger partial charge is 0.294 e. The first-order valence-electron chi connectivity index (χ1n) is 9.63. The van der Waals surface area contributed by atoms with E-state index in [1.807, 2.05) is 31.2 Å². The van der Waals surface area contributed by atoms with Gasteiger partial charge >= 0.3 is 0 Å². The number of benzene rings is 2. The van der Waals surface area contributed by atoms with Crippen molar-refractivity contribution in [1.29, 1.82) is 0 Å². The van der Waals surface area contributed by atoms with Gasteiger partial charge in [0.25, 0.3) is 5.91 Å². The SMILES string of the molecule is CCc1ccc(N2C(=O)C(O)=C(C(=O)c3ccco3)C2c2cccc(OC)c2)cc1. The fourth-order valence-electron chi connectivity index (χ4n) is 3.66. The van der Waals surface area contributed by atoms with Crippen molar-refractivity contribution in [1.82, 2.24) is 0 Å². The number of carbonyl (C=O) groups is 2. The van der Waals surface area contributed by atoms with E-state index in [0.717, 1.165) is 12.0 Å². The molecule has 3 aromatic rings. The lowest BCUT2D eigenvalue weighted by Gasteiger charge is -2.27. The number of ether oxygens (including phenoxy) is 1. The Balaban J connectivity index is 1.87. The minimum absolute atomic E-state index is 0.0252. The maximum atomic E-state index is 13.2. The molecule has 2 heterocycles. The highest BCUT2D eigenvalue weighted by Gasteiger charge is 2.45. The number of anilines is 1. The van der Waals surface area contributed by atoms with E-state index in [2.05, 4.69) is 0 Å². The van der Waals surface area contributed by atoms with Crippen LogP contribution in [0, 0.1) is 0 Å². The van der Waals surface area contributed by atoms with E-state index in [1.54, 1.807) is 37.4 Å². The fourth-order valence-corrected chi connectivity index (χ4v) is 3.66. The van der Waals surface area contributed by atoms with Gasteiger partial charge in [-0.1, -0.05) is 31.2 Å². The Bertz CT molecular complexity index is 1110. The molecule has 0 fully saturated rings. The van der Waals surface area contributed by atoms with Gasteiger partial charge in [-0.3, -0.25) is 14.5 Å². The number of hydrogen-bond donors (Lipinski definition) is 1. The van der Waals surface area contributed by atoms with Crippen molar-refractivity contribution < 1.29 is 23.8 Å². The van der Waals surface area contributed by atoms with E-state index < -0.39 is 23.5 Å². The standard InChI is InChI=1S/C24H21NO5/c1-3-15-9-11-17(12-10-15)25-21(16-6-4-7-18(14-16)29-2)20(23(27)24(25)28)22(26)19-8-5-13-30-19/h4-14,21,27H,3H2,1-2H3. The summed E-state index contributed by atoms with van der Waals surface area (Å²) in [7, 11) is 1.54. The number of carbonyl (C=O) groups excluding carboxylic acids is 2. The number of nitrogens with zero attached hydrogens (tertiary/aromatic N) is 1. The molecule has 2 aromatic carbocycles. The van der Waals surface area contributed by atoms with E-state index in [1.165, 1.54) is 17.2 Å². The topological polar surface area (TPSA) is 80.0 Å². The van der Waals surface area contributed by atoms with Crippen LogP contribution in [0.5, 0.6) is 5.75 Å². The van der Waals surface area contributed by atoms with Crippen molar-refractivity contribution in [2.75, 3.05) is 12.0 Å². The van der Waals surface area contributed by atoms with Gasteiger partial charge in [-0.25, -0.2) is 0 Å². The molecule has 1 N–H and O–H groups in total. The number of rotatable bonds is 6. The quantitative estimate of drug-likeness (QED) is 0.607. The fraction of sp³-hybridized carbons (Fsp3) is 0.167. The molecule has 0 radical (unpaired) electrons. The molecule has 1 aliphatic heterocycles. The molecule has 1 unspecified atom stereocenters. The van der Waals surface area contributed by atoms with Crippen molar-refractivity contribution in [2.24, 2.45) is 0 Å². The molecule has 0 spiro atoms. The predicted octanol–water partition coefficient (Wildman–Crippen LogP) is 4.63. The van der Waals surface area contributed by atoms with Crippen LogP contribution in [-0.2, 0) is 11.2 Å². The second kappa shape index (κ2) is 7.91. The third kappa shape index (κ3) is 3.26. The molecule has 0 saturated carbocycles. The Kier molecular flexibility index (Phi) is 5.14. The van der Waals surface area contributed by atoms with Crippen LogP contribution in [-0.4, -0.2) is 23.9 Å². The summed E-state index contributed by atoms with van der Waals surface area (Å²) in [5.74, 6) is -1.12. The number of aliphatic hydroxyl groups is 1. The molecular weight excluding hydrogens is 382 g/mol. The highest BCUT2D eigenvalue weighted by molar-refractivity contribution is 6.20. The summed E-state index contributed by atoms with van der Waals surface area (Å²) in [6, 6.07) is 16.9. The van der Waals surface area contributed by atoms with Crippen LogP contribution < -0.4 is 9.64 Å². The van der Waals surface area contributed by atoms with Gasteiger partial charge in [0.05, 0.1) is 25.0 Å². The van der Waals surface area contributed by atoms with Crippen molar-refractivity contribution in [3.8, 4) is 5.75 Å². The van der Waals surface area contributed by atoms with Gasteiger partial charge in [-0.15, -0.1) is 0 Å². The molecule has 1 amide bonds. The first kappa shape index (κ1) is 19.5. The van der Waals surface area contributed by atoms with Crippen LogP contribution in [0.1, 0.15) is 34.6 Å². The van der Waals surface area contributed by atoms with Gasteiger partial charge in [0.1, 0.15) is 5.75 Å². The zero-order valence-electron chi connectivity index (χ0n) is 16.7. The van der Waals surface area contributed by atoms with E-state index in [9.17, 15) is 14.7 Å². The Hall–Kier alpha value is -3.80. The first-order valence-corrected chi connectivity index (χ1v) is 9.63. The number of methoxy groups -OCH3 is 1. The maximum absolute atomic E-state index is 13.2. The number of Topliss-reactive ketones (excluding diaryl/α,β-unsaturated/α-hetero) is 1. The normalized spacial score (nSPS) is 16.3. The first-order chi connectivity index (χ1) is 14.5. The van der Waals surface area contributed by atoms with Crippen molar-refractivity contribution >= 4 is 17.4 Å². The molecule has 1 aromatic heterocycles. The maximum Gasteiger partial charge on any atom is 0.294 e. The van der Waals surface area contributed by atoms with Crippen molar-refractivity contribution in [2.45, 2.75) is 19.4 Å². The second-order valence-electron chi connectivity index (χ2n) is 6.94. The zero-order valence-corrected chi connectivity index (χ0v) is 16.7. The van der Waals surface area contributed by atoms with Crippen LogP contribution in [0.2, 0.25) is 0 Å². The second-order valence-corrected chi connectivity index (χ2v) is 6.94. The highest BCUT2D eigenvalue weighted by Crippen LogP contribution is 2.42. The van der Waals surface area contributed by atoms with Gasteiger partial charge in [-0.05, 0) is 53.9 Å². The molecule has 1 atom stereocenters. The van der Waals surface area contributed by atoms with Gasteiger partial charge in [0.2, 0.25) is 5.78 Å². The molecule has 0 bridgehead atoms. The predicted molar refractivity (Wildman–Crippen MR) is 112 cm³/mol. The number of furan rings is 1. The highest BCUT2D eigenvalue weighted by atomic mass is 16.5. The molecule has 4 rings (SSSR count). The Morgan fingerprint density at radius 3 is 2.53 bits per heavy atom. The Morgan fingerprint density at radius 2 is 1.90 bits per heavy atom. The minimum atomic E-state index is -0.822. The molecule has 6 nitrogen and oxygen atoms in total. The summed E-state index contributed by atoms with van der Waals surface area (Å²) in [4.78, 5) is 27.7. The third-order valence-corrected chi connectivity index (χ3v) is 5.23. The number of ketones is 1. The zero-order chi connectivity index (χ0) is 21.3. The largest absolute Gasteiger partial charge is 0.503 e. The van der Waals surface area contributed by atoms with Crippen LogP contribution in [0.3, 0.4) is 0 Å². The number of amides is 1. The Morgan fingerprint density at radius 1 is 1.13 bits per heavy atom. The molecule has 1 aliphatic rings. The van der Waals surface area contributed by atoms with E-state index in [0.29, 0.717) is 17.0 Å². The van der Waals surface area contributed by atoms with Crippen LogP contribution in [0.25, 0.3) is 0 Å². The monoisotopic (exact) mass is 403 g/mol. The van der Waals surface area contributed by atoms with Crippen LogP contribution >= 0.6 is 0 Å². The van der Waals surface area contributed by atoms with Crippen molar-refractivity contribution in [3.63, 3.8) is 0 Å². The third-order valence-electron chi connectivity index (χ3n) is 5.23. The minimum Gasteiger partial charge on any atom is -0.503 e. The van der Waals surface area contributed by atoms with Gasteiger partial charge < -0.3 is 14.3 Å². The average molecular weight is 403 g/mol. The summed E-state index contributed by atoms with van der Waals surface area (Å²) in [5.41, 5.74) is 2.32. The number of aryl methyl sites for hydroxylation is 1. The molecule has 0 aliphatic carbocycles. The number of aliphatic hydroxyl groups excluding tert-OH is 1. The van der Waals surface area contributed by atoms with Gasteiger partial charge in [-0.2, -0.15) is 0 Å². The lowest BCUT2D eigenvalue weighted by atomic mass is 9.94. The lowest BCUT2D eigenvalue weighted by molar-refractivity contribution is -0.117. The van der Waals surface area contributed by atoms with Crippen LogP contribution in [0.4, 0.5) is 5.69 Å².